The molecule has 0 atom stereocenters. The van der Waals surface area contributed by atoms with Gasteiger partial charge in [0.05, 0.1) is 5.69 Å². The molecule has 4 heteroatoms. The van der Waals surface area contributed by atoms with Gasteiger partial charge in [-0.15, -0.1) is 0 Å². The minimum absolute atomic E-state index is 0.0281. The molecule has 0 aliphatic heterocycles. The van der Waals surface area contributed by atoms with Crippen LogP contribution in [0.5, 0.6) is 5.75 Å². The first-order valence-corrected chi connectivity index (χ1v) is 9.52. The van der Waals surface area contributed by atoms with Crippen molar-refractivity contribution in [3.8, 4) is 16.9 Å². The first kappa shape index (κ1) is 18.1. The first-order valence-electron chi connectivity index (χ1n) is 9.52. The monoisotopic (exact) mass is 373 g/mol. The molecule has 4 nitrogen and oxygen atoms in total. The second-order valence-corrected chi connectivity index (χ2v) is 7.02. The molecule has 4 rings (SSSR count). The average molecular weight is 373 g/mol. The molecule has 0 radical (unpaired) electrons. The second-order valence-electron chi connectivity index (χ2n) is 7.02. The van der Waals surface area contributed by atoms with Gasteiger partial charge in [0, 0.05) is 18.5 Å². The lowest BCUT2D eigenvalue weighted by Gasteiger charge is -2.24. The number of benzene rings is 3. The number of amides is 1. The topological polar surface area (TPSA) is 49.8 Å². The maximum Gasteiger partial charge on any atom is 0.414 e. The van der Waals surface area contributed by atoms with Gasteiger partial charge in [0.15, 0.2) is 0 Å². The van der Waals surface area contributed by atoms with E-state index in [1.165, 1.54) is 22.3 Å². The average Bonchev–Trinajstić information content (AvgIpc) is 3.03. The molecule has 3 aromatic carbocycles. The van der Waals surface area contributed by atoms with Gasteiger partial charge in [-0.1, -0.05) is 54.6 Å². The van der Waals surface area contributed by atoms with Gasteiger partial charge in [-0.3, -0.25) is 4.90 Å². The van der Waals surface area contributed by atoms with E-state index in [2.05, 4.69) is 24.3 Å². The summed E-state index contributed by atoms with van der Waals surface area (Å²) in [6, 6.07) is 21.6. The Balaban J connectivity index is 1.57. The number of hydrogen-bond donors (Lipinski definition) is 1. The van der Waals surface area contributed by atoms with Crippen LogP contribution in [0.25, 0.3) is 11.1 Å². The maximum atomic E-state index is 12.8. The fraction of sp³-hybridized carbons (Fsp3) is 0.208. The summed E-state index contributed by atoms with van der Waals surface area (Å²) in [7, 11) is 0. The summed E-state index contributed by atoms with van der Waals surface area (Å²) in [5.74, 6) is 0.158. The molecule has 0 unspecified atom stereocenters. The Morgan fingerprint density at radius 3 is 2.21 bits per heavy atom. The minimum atomic E-state index is -0.405. The molecule has 0 bridgehead atoms. The third kappa shape index (κ3) is 3.11. The van der Waals surface area contributed by atoms with Crippen molar-refractivity contribution < 1.29 is 14.6 Å². The number of aryl methyl sites for hydroxylation is 1. The van der Waals surface area contributed by atoms with Gasteiger partial charge in [-0.25, -0.2) is 4.79 Å². The van der Waals surface area contributed by atoms with Crippen molar-refractivity contribution in [1.29, 1.82) is 0 Å². The molecular formula is C24H23NO3. The SMILES string of the molecule is CCN(C(=O)OCC1c2ccccc2-c2ccccc21)c1cc(O)ccc1C. The summed E-state index contributed by atoms with van der Waals surface area (Å²) in [4.78, 5) is 14.4. The zero-order valence-electron chi connectivity index (χ0n) is 16.1. The van der Waals surface area contributed by atoms with Crippen molar-refractivity contribution in [2.75, 3.05) is 18.1 Å². The molecule has 0 saturated heterocycles. The third-order valence-corrected chi connectivity index (χ3v) is 5.36. The quantitative estimate of drug-likeness (QED) is 0.659. The highest BCUT2D eigenvalue weighted by molar-refractivity contribution is 5.89. The van der Waals surface area contributed by atoms with Gasteiger partial charge in [0.25, 0.3) is 0 Å². The number of carbonyl (C=O) groups is 1. The van der Waals surface area contributed by atoms with Crippen LogP contribution in [0.3, 0.4) is 0 Å². The summed E-state index contributed by atoms with van der Waals surface area (Å²) in [5.41, 5.74) is 6.36. The number of phenols is 1. The van der Waals surface area contributed by atoms with Crippen molar-refractivity contribution in [2.24, 2.45) is 0 Å². The van der Waals surface area contributed by atoms with Crippen LogP contribution in [-0.4, -0.2) is 24.4 Å². The number of phenolic OH excluding ortho intramolecular Hbond substituents is 1. The van der Waals surface area contributed by atoms with Crippen LogP contribution in [0, 0.1) is 6.92 Å². The Morgan fingerprint density at radius 2 is 1.61 bits per heavy atom. The van der Waals surface area contributed by atoms with E-state index in [4.69, 9.17) is 4.74 Å². The van der Waals surface area contributed by atoms with E-state index in [1.54, 1.807) is 23.1 Å². The van der Waals surface area contributed by atoms with Gasteiger partial charge in [0.1, 0.15) is 12.4 Å². The van der Waals surface area contributed by atoms with Crippen LogP contribution in [0.4, 0.5) is 10.5 Å². The number of nitrogens with zero attached hydrogens (tertiary/aromatic N) is 1. The van der Waals surface area contributed by atoms with E-state index in [-0.39, 0.29) is 18.3 Å². The van der Waals surface area contributed by atoms with Crippen molar-refractivity contribution in [2.45, 2.75) is 19.8 Å². The Kier molecular flexibility index (Phi) is 4.78. The molecule has 1 aliphatic carbocycles. The molecule has 1 N–H and O–H groups in total. The molecule has 142 valence electrons. The van der Waals surface area contributed by atoms with E-state index in [1.807, 2.05) is 38.1 Å². The van der Waals surface area contributed by atoms with Crippen LogP contribution in [-0.2, 0) is 4.74 Å². The number of aromatic hydroxyl groups is 1. The molecular weight excluding hydrogens is 350 g/mol. The largest absolute Gasteiger partial charge is 0.508 e. The van der Waals surface area contributed by atoms with Gasteiger partial charge >= 0.3 is 6.09 Å². The Morgan fingerprint density at radius 1 is 1.00 bits per heavy atom. The molecule has 0 aromatic heterocycles. The van der Waals surface area contributed by atoms with E-state index >= 15 is 0 Å². The number of anilines is 1. The van der Waals surface area contributed by atoms with E-state index in [0.717, 1.165) is 5.56 Å². The molecule has 0 heterocycles. The predicted molar refractivity (Wildman–Crippen MR) is 111 cm³/mol. The minimum Gasteiger partial charge on any atom is -0.508 e. The molecule has 3 aromatic rings. The normalized spacial score (nSPS) is 12.4. The van der Waals surface area contributed by atoms with E-state index < -0.39 is 6.09 Å². The van der Waals surface area contributed by atoms with Crippen molar-refractivity contribution >= 4 is 11.8 Å². The summed E-state index contributed by atoms with van der Waals surface area (Å²) in [6.45, 7) is 4.54. The number of rotatable bonds is 4. The number of ether oxygens (including phenoxy) is 1. The fourth-order valence-corrected chi connectivity index (χ4v) is 3.96. The lowest BCUT2D eigenvalue weighted by molar-refractivity contribution is 0.150. The molecule has 0 saturated carbocycles. The summed E-state index contributed by atoms with van der Waals surface area (Å²) in [6.07, 6.45) is -0.405. The van der Waals surface area contributed by atoms with E-state index in [0.29, 0.717) is 12.2 Å². The van der Waals surface area contributed by atoms with Crippen LogP contribution in [0.15, 0.2) is 66.7 Å². The van der Waals surface area contributed by atoms with Crippen LogP contribution < -0.4 is 4.90 Å². The summed E-state index contributed by atoms with van der Waals surface area (Å²) >= 11 is 0. The van der Waals surface area contributed by atoms with Crippen LogP contribution in [0.2, 0.25) is 0 Å². The fourth-order valence-electron chi connectivity index (χ4n) is 3.96. The maximum absolute atomic E-state index is 12.8. The summed E-state index contributed by atoms with van der Waals surface area (Å²) < 4.78 is 5.75. The van der Waals surface area contributed by atoms with Crippen molar-refractivity contribution in [1.82, 2.24) is 0 Å². The second kappa shape index (κ2) is 7.39. The Labute approximate surface area is 165 Å². The Bertz CT molecular complexity index is 982. The van der Waals surface area contributed by atoms with Crippen LogP contribution in [0.1, 0.15) is 29.5 Å². The highest BCUT2D eigenvalue weighted by Crippen LogP contribution is 2.44. The molecule has 28 heavy (non-hydrogen) atoms. The van der Waals surface area contributed by atoms with Crippen molar-refractivity contribution in [3.05, 3.63) is 83.4 Å². The standard InChI is InChI=1S/C24H23NO3/c1-3-25(23-14-17(26)13-12-16(23)2)24(27)28-15-22-20-10-6-4-8-18(20)19-9-5-7-11-21(19)22/h4-14,22,26H,3,15H2,1-2H3. The van der Waals surface area contributed by atoms with Crippen LogP contribution >= 0.6 is 0 Å². The zero-order valence-corrected chi connectivity index (χ0v) is 16.1. The van der Waals surface area contributed by atoms with Crippen molar-refractivity contribution in [3.63, 3.8) is 0 Å². The molecule has 0 spiro atoms. The first-order chi connectivity index (χ1) is 13.6. The zero-order chi connectivity index (χ0) is 19.7. The highest BCUT2D eigenvalue weighted by Gasteiger charge is 2.29. The molecule has 0 fully saturated rings. The number of carbonyl (C=O) groups excluding carboxylic acids is 1. The van der Waals surface area contributed by atoms with E-state index in [9.17, 15) is 9.90 Å². The van der Waals surface area contributed by atoms with Gasteiger partial charge in [-0.2, -0.15) is 0 Å². The molecule has 1 aliphatic rings. The number of hydrogen-bond acceptors (Lipinski definition) is 3. The lowest BCUT2D eigenvalue weighted by atomic mass is 9.98. The molecule has 1 amide bonds. The Hall–Kier alpha value is -3.27. The highest BCUT2D eigenvalue weighted by atomic mass is 16.6. The number of fused-ring (bicyclic) bond motifs is 3. The summed E-state index contributed by atoms with van der Waals surface area (Å²) in [5, 5.41) is 9.81. The third-order valence-electron chi connectivity index (χ3n) is 5.36. The lowest BCUT2D eigenvalue weighted by Crippen LogP contribution is -2.32. The van der Waals surface area contributed by atoms with Gasteiger partial charge in [0.2, 0.25) is 0 Å². The smallest absolute Gasteiger partial charge is 0.414 e. The van der Waals surface area contributed by atoms with Gasteiger partial charge in [-0.05, 0) is 47.7 Å². The van der Waals surface area contributed by atoms with Gasteiger partial charge < -0.3 is 9.84 Å². The predicted octanol–water partition coefficient (Wildman–Crippen LogP) is 5.48.